The second kappa shape index (κ2) is 10.7. The summed E-state index contributed by atoms with van der Waals surface area (Å²) in [5.41, 5.74) is 0. The van der Waals surface area contributed by atoms with Crippen LogP contribution in [-0.4, -0.2) is 124 Å². The summed E-state index contributed by atoms with van der Waals surface area (Å²) in [6, 6.07) is 0. The van der Waals surface area contributed by atoms with Crippen LogP contribution in [0.5, 0.6) is 0 Å². The monoisotopic (exact) mass is 444 g/mol. The lowest BCUT2D eigenvalue weighted by Gasteiger charge is -2.38. The molecule has 10 N–H and O–H groups in total. The zero-order valence-electron chi connectivity index (χ0n) is 15.8. The minimum absolute atomic E-state index is 0.0304. The van der Waals surface area contributed by atoms with E-state index in [1.807, 2.05) is 0 Å². The first-order valence-electron chi connectivity index (χ1n) is 8.99. The van der Waals surface area contributed by atoms with Crippen molar-refractivity contribution in [3.63, 3.8) is 0 Å². The zero-order valence-corrected chi connectivity index (χ0v) is 15.8. The van der Waals surface area contributed by atoms with Crippen LogP contribution in [0.3, 0.4) is 0 Å². The van der Waals surface area contributed by atoms with Gasteiger partial charge >= 0.3 is 11.9 Å². The van der Waals surface area contributed by atoms with Crippen LogP contribution in [0.1, 0.15) is 25.7 Å². The summed E-state index contributed by atoms with van der Waals surface area (Å²) in [5.74, 6) is -8.26. The van der Waals surface area contributed by atoms with Crippen molar-refractivity contribution in [2.24, 2.45) is 0 Å². The smallest absolute Gasteiger partial charge is 0.364 e. The van der Waals surface area contributed by atoms with E-state index < -0.39 is 86.2 Å². The molecule has 8 atom stereocenters. The van der Waals surface area contributed by atoms with Gasteiger partial charge in [0.15, 0.2) is 0 Å². The minimum Gasteiger partial charge on any atom is -0.477 e. The first-order chi connectivity index (χ1) is 13.8. The summed E-state index contributed by atoms with van der Waals surface area (Å²) in [5, 5.41) is 90.6. The largest absolute Gasteiger partial charge is 0.477 e. The van der Waals surface area contributed by atoms with E-state index in [4.69, 9.17) is 29.9 Å². The van der Waals surface area contributed by atoms with Gasteiger partial charge in [0.25, 0.3) is 11.6 Å². The average Bonchev–Trinajstić information content (AvgIpc) is 2.65. The molecule has 176 valence electrons. The van der Waals surface area contributed by atoms with Gasteiger partial charge in [-0.05, 0) is 0 Å². The van der Waals surface area contributed by atoms with E-state index in [0.717, 1.165) is 0 Å². The van der Waals surface area contributed by atoms with E-state index in [1.54, 1.807) is 0 Å². The maximum atomic E-state index is 10.6. The van der Waals surface area contributed by atoms with Crippen molar-refractivity contribution in [1.82, 2.24) is 0 Å². The van der Waals surface area contributed by atoms with Crippen molar-refractivity contribution in [1.29, 1.82) is 0 Å². The molecule has 2 fully saturated rings. The Bertz CT molecular complexity index is 536. The molecule has 0 amide bonds. The average molecular weight is 444 g/mol. The Labute approximate surface area is 170 Å². The molecule has 2 heterocycles. The van der Waals surface area contributed by atoms with Gasteiger partial charge in [-0.25, -0.2) is 9.59 Å². The van der Waals surface area contributed by atoms with Crippen LogP contribution < -0.4 is 0 Å². The molecule has 0 spiro atoms. The van der Waals surface area contributed by atoms with E-state index >= 15 is 0 Å². The van der Waals surface area contributed by atoms with E-state index in [9.17, 15) is 40.2 Å². The SMILES string of the molecule is O=C(O)[C@@]1(O)C[C@@H](O)C[C@@H]([C@H](O)CO)O1.O=C(O)[C@@]1(O)C[C@H](O)C[C@@H]([C@H](O)CO)O1. The Morgan fingerprint density at radius 2 is 1.10 bits per heavy atom. The molecule has 0 aromatic heterocycles. The maximum Gasteiger partial charge on any atom is 0.364 e. The predicted octanol–water partition coefficient (Wildman–Crippen LogP) is -4.69. The summed E-state index contributed by atoms with van der Waals surface area (Å²) in [7, 11) is 0. The fourth-order valence-corrected chi connectivity index (χ4v) is 3.02. The second-order valence-electron chi connectivity index (χ2n) is 7.18. The second-order valence-corrected chi connectivity index (χ2v) is 7.18. The van der Waals surface area contributed by atoms with Crippen LogP contribution >= 0.6 is 0 Å². The molecule has 0 unspecified atom stereocenters. The molecule has 2 aliphatic rings. The third-order valence-corrected chi connectivity index (χ3v) is 4.63. The molecule has 0 aliphatic carbocycles. The number of hydrogen-bond acceptors (Lipinski definition) is 12. The van der Waals surface area contributed by atoms with Crippen molar-refractivity contribution >= 4 is 11.9 Å². The van der Waals surface area contributed by atoms with Crippen LogP contribution in [-0.2, 0) is 19.1 Å². The molecule has 0 bridgehead atoms. The first kappa shape index (κ1) is 26.6. The Morgan fingerprint density at radius 1 is 0.800 bits per heavy atom. The molecule has 0 radical (unpaired) electrons. The summed E-state index contributed by atoms with van der Waals surface area (Å²) in [6.07, 6.45) is -8.02. The highest BCUT2D eigenvalue weighted by Gasteiger charge is 2.48. The Morgan fingerprint density at radius 3 is 1.33 bits per heavy atom. The van der Waals surface area contributed by atoms with Crippen LogP contribution in [0.4, 0.5) is 0 Å². The van der Waals surface area contributed by atoms with E-state index in [2.05, 4.69) is 0 Å². The first-order valence-corrected chi connectivity index (χ1v) is 8.99. The number of carbonyl (C=O) groups is 2. The third-order valence-electron chi connectivity index (χ3n) is 4.63. The van der Waals surface area contributed by atoms with Gasteiger partial charge in [0, 0.05) is 25.7 Å². The van der Waals surface area contributed by atoms with Crippen molar-refractivity contribution in [3.05, 3.63) is 0 Å². The molecule has 0 aromatic rings. The number of carboxylic acid groups (broad SMARTS) is 2. The topological polar surface area (TPSA) is 255 Å². The zero-order chi connectivity index (χ0) is 23.3. The highest BCUT2D eigenvalue weighted by molar-refractivity contribution is 5.75. The third kappa shape index (κ3) is 6.78. The summed E-state index contributed by atoms with van der Waals surface area (Å²) < 4.78 is 9.49. The van der Waals surface area contributed by atoms with E-state index in [-0.39, 0.29) is 12.8 Å². The Balaban J connectivity index is 0.000000300. The molecule has 14 nitrogen and oxygen atoms in total. The Kier molecular flexibility index (Phi) is 9.50. The number of hydrogen-bond donors (Lipinski definition) is 10. The molecule has 14 heteroatoms. The van der Waals surface area contributed by atoms with Crippen LogP contribution in [0.2, 0.25) is 0 Å². The number of rotatable bonds is 6. The standard InChI is InChI=1S/2C8H14O7/c2*9-3-5(11)6-1-4(10)2-8(14,15-6)7(12)13/h2*4-6,9-11,14H,1-3H2,(H,12,13)/t4-,5+,6-,8+;4-,5-,6+,8-/m01/s1. The van der Waals surface area contributed by atoms with Gasteiger partial charge < -0.3 is 60.5 Å². The van der Waals surface area contributed by atoms with E-state index in [1.165, 1.54) is 0 Å². The molecule has 2 aliphatic heterocycles. The fourth-order valence-electron chi connectivity index (χ4n) is 3.02. The Hall–Kier alpha value is -1.46. The quantitative estimate of drug-likeness (QED) is 0.185. The van der Waals surface area contributed by atoms with Crippen molar-refractivity contribution < 1.29 is 70.1 Å². The number of ether oxygens (including phenoxy) is 2. The maximum absolute atomic E-state index is 10.6. The van der Waals surface area contributed by atoms with E-state index in [0.29, 0.717) is 0 Å². The van der Waals surface area contributed by atoms with Crippen molar-refractivity contribution in [2.45, 2.75) is 73.9 Å². The normalized spacial score (nSPS) is 38.7. The molecular formula is C16H28O14. The minimum atomic E-state index is -2.50. The fraction of sp³-hybridized carbons (Fsp3) is 0.875. The molecule has 2 saturated heterocycles. The van der Waals surface area contributed by atoms with Crippen LogP contribution in [0, 0.1) is 0 Å². The number of aliphatic hydroxyl groups excluding tert-OH is 6. The molecule has 2 rings (SSSR count). The molecule has 0 aromatic carbocycles. The highest BCUT2D eigenvalue weighted by atomic mass is 16.7. The molecule has 0 saturated carbocycles. The van der Waals surface area contributed by atoms with Crippen LogP contribution in [0.15, 0.2) is 0 Å². The lowest BCUT2D eigenvalue weighted by molar-refractivity contribution is -0.284. The number of carboxylic acids is 2. The van der Waals surface area contributed by atoms with Gasteiger partial charge in [0.2, 0.25) is 0 Å². The van der Waals surface area contributed by atoms with Crippen molar-refractivity contribution in [2.75, 3.05) is 13.2 Å². The number of aliphatic hydroxyl groups is 8. The van der Waals surface area contributed by atoms with Gasteiger partial charge in [-0.1, -0.05) is 0 Å². The lowest BCUT2D eigenvalue weighted by Crippen LogP contribution is -2.54. The lowest BCUT2D eigenvalue weighted by atomic mass is 9.96. The van der Waals surface area contributed by atoms with Gasteiger partial charge in [-0.3, -0.25) is 0 Å². The highest BCUT2D eigenvalue weighted by Crippen LogP contribution is 2.29. The number of aliphatic carboxylic acids is 2. The predicted molar refractivity (Wildman–Crippen MR) is 91.6 cm³/mol. The van der Waals surface area contributed by atoms with Gasteiger partial charge in [0.05, 0.1) is 37.6 Å². The van der Waals surface area contributed by atoms with Crippen molar-refractivity contribution in [3.8, 4) is 0 Å². The molecule has 30 heavy (non-hydrogen) atoms. The summed E-state index contributed by atoms with van der Waals surface area (Å²) in [6.45, 7) is -1.26. The van der Waals surface area contributed by atoms with Gasteiger partial charge in [-0.2, -0.15) is 0 Å². The molecular weight excluding hydrogens is 416 g/mol. The summed E-state index contributed by atoms with van der Waals surface area (Å²) in [4.78, 5) is 21.3. The van der Waals surface area contributed by atoms with Crippen LogP contribution in [0.25, 0.3) is 0 Å². The van der Waals surface area contributed by atoms with Gasteiger partial charge in [0.1, 0.15) is 12.2 Å². The summed E-state index contributed by atoms with van der Waals surface area (Å²) >= 11 is 0. The van der Waals surface area contributed by atoms with Gasteiger partial charge in [-0.15, -0.1) is 0 Å².